The van der Waals surface area contributed by atoms with Gasteiger partial charge in [0.15, 0.2) is 0 Å². The van der Waals surface area contributed by atoms with Crippen LogP contribution in [-0.2, 0) is 49.8 Å². The van der Waals surface area contributed by atoms with Gasteiger partial charge in [-0.3, -0.25) is 0 Å². The van der Waals surface area contributed by atoms with Crippen molar-refractivity contribution in [3.8, 4) is 0 Å². The second kappa shape index (κ2) is 40.2. The average molecular weight is 1900 g/mol. The molecule has 6 saturated carbocycles. The van der Waals surface area contributed by atoms with Crippen LogP contribution in [0, 0.1) is 172 Å². The van der Waals surface area contributed by atoms with Crippen molar-refractivity contribution in [3.63, 3.8) is 0 Å². The molecule has 0 aliphatic heterocycles. The molecule has 0 aromatic rings. The minimum atomic E-state index is -0.838. The predicted molar refractivity (Wildman–Crippen MR) is 521 cm³/mol. The summed E-state index contributed by atoms with van der Waals surface area (Å²) in [7, 11) is 0. The van der Waals surface area contributed by atoms with E-state index >= 15 is 0 Å². The van der Waals surface area contributed by atoms with Gasteiger partial charge in [-0.25, -0.2) is 0 Å². The van der Waals surface area contributed by atoms with Gasteiger partial charge in [0.1, 0.15) is 0 Å². The molecule has 738 valence electrons. The van der Waals surface area contributed by atoms with Crippen molar-refractivity contribution < 1.29 is 80.5 Å². The average Bonchev–Trinajstić information content (AvgIpc) is 0.750. The molecule has 0 aromatic heterocycles. The van der Waals surface area contributed by atoms with Gasteiger partial charge in [0.2, 0.25) is 0 Å². The fraction of sp³-hybridized carbons (Fsp3) is 0.750. The Kier molecular flexibility index (Phi) is 32.1. The Balaban J connectivity index is 0.000000144. The number of allylic oxidation sites excluding steroid dienone is 24. The number of carboxylic acids is 6. The number of aliphatic carboxylic acids is 6. The topological polar surface area (TPSA) is 241 Å². The quantitative estimate of drug-likeness (QED) is 0.166. The van der Waals surface area contributed by atoms with Crippen LogP contribution in [0.2, 0.25) is 0 Å². The molecule has 18 aliphatic carbocycles. The fourth-order valence-corrected chi connectivity index (χ4v) is 33.5. The van der Waals surface area contributed by atoms with E-state index in [0.717, 1.165) is 154 Å². The van der Waals surface area contributed by atoms with E-state index in [1.807, 2.05) is 41.5 Å². The zero-order chi connectivity index (χ0) is 96.7. The van der Waals surface area contributed by atoms with E-state index in [0.29, 0.717) is 71.0 Å². The van der Waals surface area contributed by atoms with Crippen LogP contribution in [0.4, 0.5) is 0 Å². The monoisotopic (exact) mass is 1910 g/mol. The first-order chi connectivity index (χ1) is 61.7. The van der Waals surface area contributed by atoms with E-state index in [1.165, 1.54) is 110 Å². The number of carbonyl (C=O) groups is 6. The van der Waals surface area contributed by atoms with E-state index in [2.05, 4.69) is 198 Å². The summed E-state index contributed by atoms with van der Waals surface area (Å²) in [5.74, 6) is 3.23. The number of carboxylic acid groups (broad SMARTS) is 6. The van der Waals surface area contributed by atoms with Crippen LogP contribution in [0.5, 0.6) is 0 Å². The molecule has 0 saturated heterocycles. The Labute approximate surface area is 819 Å². The molecule has 133 heavy (non-hydrogen) atoms. The molecule has 6 unspecified atom stereocenters. The van der Waals surface area contributed by atoms with Gasteiger partial charge in [0, 0.05) is 89.4 Å². The summed E-state index contributed by atoms with van der Waals surface area (Å²) in [4.78, 5) is 71.0. The molecule has 18 rings (SSSR count). The molecule has 13 heteroatoms. The van der Waals surface area contributed by atoms with Crippen LogP contribution in [0.1, 0.15) is 397 Å². The zero-order valence-corrected chi connectivity index (χ0v) is 89.1. The van der Waals surface area contributed by atoms with Gasteiger partial charge in [-0.2, -0.15) is 0 Å². The number of hydrogen-bond acceptors (Lipinski definition) is 12. The van der Waals surface area contributed by atoms with Gasteiger partial charge in [-0.15, -0.1) is 0 Å². The van der Waals surface area contributed by atoms with E-state index in [9.17, 15) is 59.4 Å². The van der Waals surface area contributed by atoms with Gasteiger partial charge in [-0.1, -0.05) is 311 Å². The number of carbonyl (C=O) groups excluding carboxylic acids is 6. The Morgan fingerprint density at radius 3 is 0.451 bits per heavy atom. The summed E-state index contributed by atoms with van der Waals surface area (Å²) in [6.07, 6.45) is 65.8. The standard InChI is InChI=1S/6C20H30O2.Mo/c6*1-13(2)14-6-8-16-15(12-14)7-9-17-19(16,3)10-5-11-20(17,4)18(21)22;/h6*7,12-13,16-17H,5-6,8-11H2,1-4H3,(H,21,22);/p-6/t6*16-,17?,19+,20+;/m000000./s1. The Bertz CT molecular complexity index is 4020. The molecule has 0 amide bonds. The molecule has 0 bridgehead atoms. The Hall–Kier alpha value is -5.61. The van der Waals surface area contributed by atoms with Gasteiger partial charge in [0.25, 0.3) is 0 Å². The van der Waals surface area contributed by atoms with Gasteiger partial charge >= 0.3 is 0 Å². The minimum absolute atomic E-state index is 0. The molecule has 0 heterocycles. The summed E-state index contributed by atoms with van der Waals surface area (Å²) in [5, 5.41) is 71.0. The maximum atomic E-state index is 11.8. The van der Waals surface area contributed by atoms with Crippen LogP contribution < -0.4 is 30.6 Å². The molecule has 0 spiro atoms. The van der Waals surface area contributed by atoms with Gasteiger partial charge in [-0.05, 0) is 365 Å². The molecular formula is C120H174MoO12-6. The van der Waals surface area contributed by atoms with E-state index in [4.69, 9.17) is 0 Å². The molecule has 0 radical (unpaired) electrons. The molecule has 0 aromatic carbocycles. The van der Waals surface area contributed by atoms with Crippen LogP contribution >= 0.6 is 0 Å². The number of rotatable bonds is 12. The molecule has 6 fully saturated rings. The third-order valence-electron chi connectivity index (χ3n) is 42.3. The Morgan fingerprint density at radius 1 is 0.226 bits per heavy atom. The second-order valence-corrected chi connectivity index (χ2v) is 51.1. The Morgan fingerprint density at radius 2 is 0.346 bits per heavy atom. The maximum Gasteiger partial charge on any atom is 0.0476 e. The van der Waals surface area contributed by atoms with E-state index in [1.54, 1.807) is 33.4 Å². The minimum Gasteiger partial charge on any atom is -0.550 e. The predicted octanol–water partition coefficient (Wildman–Crippen LogP) is 23.2. The zero-order valence-electron chi connectivity index (χ0n) is 87.1. The van der Waals surface area contributed by atoms with Crippen molar-refractivity contribution in [2.75, 3.05) is 0 Å². The molecular weight excluding hydrogens is 1730 g/mol. The summed E-state index contributed by atoms with van der Waals surface area (Å²) >= 11 is 0. The van der Waals surface area contributed by atoms with E-state index < -0.39 is 68.3 Å². The van der Waals surface area contributed by atoms with Gasteiger partial charge in [0.05, 0.1) is 0 Å². The van der Waals surface area contributed by atoms with Crippen molar-refractivity contribution in [2.45, 2.75) is 397 Å². The largest absolute Gasteiger partial charge is 0.550 e. The smallest absolute Gasteiger partial charge is 0.0476 e. The van der Waals surface area contributed by atoms with Crippen LogP contribution in [0.15, 0.2) is 140 Å². The summed E-state index contributed by atoms with van der Waals surface area (Å²) in [6, 6.07) is 0. The molecule has 0 N–H and O–H groups in total. The summed E-state index contributed by atoms with van der Waals surface area (Å²) in [6.45, 7) is 53.0. The number of hydrogen-bond donors (Lipinski definition) is 0. The van der Waals surface area contributed by atoms with Crippen LogP contribution in [0.3, 0.4) is 0 Å². The van der Waals surface area contributed by atoms with Crippen molar-refractivity contribution in [1.82, 2.24) is 0 Å². The third-order valence-corrected chi connectivity index (χ3v) is 42.3. The van der Waals surface area contributed by atoms with Gasteiger partial charge < -0.3 is 59.4 Å². The molecule has 18 aliphatic rings. The first-order valence-corrected chi connectivity index (χ1v) is 53.4. The fourth-order valence-electron chi connectivity index (χ4n) is 33.5. The van der Waals surface area contributed by atoms with Crippen molar-refractivity contribution in [1.29, 1.82) is 0 Å². The normalized spacial score (nSPS) is 41.0. The first kappa shape index (κ1) is 106. The van der Waals surface area contributed by atoms with Crippen molar-refractivity contribution >= 4 is 35.8 Å². The summed E-state index contributed by atoms with van der Waals surface area (Å²) in [5.41, 5.74) is 15.0. The van der Waals surface area contributed by atoms with Crippen molar-refractivity contribution in [3.05, 3.63) is 140 Å². The van der Waals surface area contributed by atoms with E-state index in [-0.39, 0.29) is 89.1 Å². The first-order valence-electron chi connectivity index (χ1n) is 53.4. The van der Waals surface area contributed by atoms with Crippen molar-refractivity contribution in [2.24, 2.45) is 172 Å². The molecule has 24 atom stereocenters. The van der Waals surface area contributed by atoms with Crippen LogP contribution in [0.25, 0.3) is 0 Å². The second-order valence-electron chi connectivity index (χ2n) is 51.1. The molecule has 12 nitrogen and oxygen atoms in total. The third kappa shape index (κ3) is 19.3. The van der Waals surface area contributed by atoms with Crippen LogP contribution in [-0.4, -0.2) is 35.8 Å². The SMILES string of the molecule is CC(C)C1=CC2=CCC3[C@](C)(C(=O)[O-])CCC[C@]3(C)[C@H]2CC1.CC(C)C1=CC2=CCC3[C@](C)(C(=O)[O-])CCC[C@]3(C)[C@H]2CC1.CC(C)C1=CC2=CCC3[C@](C)(C(=O)[O-])CCC[C@]3(C)[C@H]2CC1.CC(C)C1=CC2=CCC3[C@](C)(C(=O)[O-])CCC[C@]3(C)[C@H]2CC1.CC(C)C1=CC2=CCC3[C@](C)(C(=O)[O-])CCC[C@]3(C)[C@H]2CC1.CC(C)C1=CC2=CCC3[C@](C)(C(=O)[O-])CCC[C@]3(C)[C@H]2CC1.[Mo]. The summed E-state index contributed by atoms with van der Waals surface area (Å²) < 4.78 is 0. The number of fused-ring (bicyclic) bond motifs is 18. The maximum absolute atomic E-state index is 11.8.